The number of aromatic nitrogens is 1. The van der Waals surface area contributed by atoms with Gasteiger partial charge in [0.15, 0.2) is 0 Å². The summed E-state index contributed by atoms with van der Waals surface area (Å²) in [7, 11) is 0. The molecule has 2 nitrogen and oxygen atoms in total. The molecule has 0 amide bonds. The third-order valence-electron chi connectivity index (χ3n) is 4.73. The van der Waals surface area contributed by atoms with Crippen molar-refractivity contribution in [3.63, 3.8) is 0 Å². The maximum atomic E-state index is 4.23. The highest BCUT2D eigenvalue weighted by atomic mass is 32.1. The molecule has 0 bridgehead atoms. The summed E-state index contributed by atoms with van der Waals surface area (Å²) in [6, 6.07) is 0. The zero-order chi connectivity index (χ0) is 13.7. The normalized spacial score (nSPS) is 27.9. The first-order valence-electron chi connectivity index (χ1n) is 7.78. The molecule has 1 aliphatic rings. The Morgan fingerprint density at radius 2 is 2.21 bits per heavy atom. The van der Waals surface area contributed by atoms with Crippen molar-refractivity contribution in [1.82, 2.24) is 10.3 Å². The van der Waals surface area contributed by atoms with Crippen molar-refractivity contribution in [1.29, 1.82) is 0 Å². The van der Waals surface area contributed by atoms with E-state index in [1.807, 2.05) is 16.8 Å². The molecule has 1 fully saturated rings. The molecule has 2 rings (SSSR count). The van der Waals surface area contributed by atoms with Gasteiger partial charge in [-0.3, -0.25) is 4.98 Å². The second-order valence-electron chi connectivity index (χ2n) is 6.32. The van der Waals surface area contributed by atoms with E-state index in [0.717, 1.165) is 30.2 Å². The molecule has 1 N–H and O–H groups in total. The van der Waals surface area contributed by atoms with Crippen LogP contribution in [0.5, 0.6) is 0 Å². The van der Waals surface area contributed by atoms with E-state index in [1.54, 1.807) is 0 Å². The lowest BCUT2D eigenvalue weighted by molar-refractivity contribution is 0.145. The molecular weight excluding hydrogens is 252 g/mol. The summed E-state index contributed by atoms with van der Waals surface area (Å²) < 4.78 is 0. The number of rotatable bonds is 6. The third kappa shape index (κ3) is 4.28. The topological polar surface area (TPSA) is 24.9 Å². The predicted octanol–water partition coefficient (Wildman–Crippen LogP) is 3.98. The second kappa shape index (κ2) is 7.39. The molecule has 0 spiro atoms. The Morgan fingerprint density at radius 3 is 2.84 bits per heavy atom. The van der Waals surface area contributed by atoms with E-state index in [9.17, 15) is 0 Å². The van der Waals surface area contributed by atoms with Gasteiger partial charge in [-0.25, -0.2) is 0 Å². The summed E-state index contributed by atoms with van der Waals surface area (Å²) in [5, 5.41) is 3.56. The van der Waals surface area contributed by atoms with Crippen molar-refractivity contribution in [3.05, 3.63) is 16.6 Å². The average molecular weight is 280 g/mol. The fraction of sp³-hybridized carbons (Fsp3) is 0.812. The van der Waals surface area contributed by atoms with E-state index < -0.39 is 0 Å². The Bertz CT molecular complexity index is 348. The van der Waals surface area contributed by atoms with Gasteiger partial charge in [-0.2, -0.15) is 0 Å². The minimum atomic E-state index is 0.837. The standard InChI is InChI=1S/C16H28N2S/c1-4-17-9-14-6-5-13(12(2)3)7-15(14)8-16-10-18-11-19-16/h10-15,17H,4-9H2,1-3H3. The van der Waals surface area contributed by atoms with Gasteiger partial charge in [0.05, 0.1) is 5.51 Å². The van der Waals surface area contributed by atoms with Crippen molar-refractivity contribution in [2.45, 2.75) is 46.5 Å². The molecule has 1 aromatic heterocycles. The Balaban J connectivity index is 1.97. The van der Waals surface area contributed by atoms with Crippen LogP contribution in [-0.4, -0.2) is 18.1 Å². The van der Waals surface area contributed by atoms with Crippen LogP contribution in [0.2, 0.25) is 0 Å². The van der Waals surface area contributed by atoms with Gasteiger partial charge in [-0.05, 0) is 62.4 Å². The smallest absolute Gasteiger partial charge is 0.0794 e. The molecule has 1 aromatic rings. The molecule has 1 heterocycles. The van der Waals surface area contributed by atoms with Crippen LogP contribution in [-0.2, 0) is 6.42 Å². The van der Waals surface area contributed by atoms with Crippen LogP contribution in [0.3, 0.4) is 0 Å². The monoisotopic (exact) mass is 280 g/mol. The Labute approximate surface area is 122 Å². The van der Waals surface area contributed by atoms with Crippen molar-refractivity contribution < 1.29 is 0 Å². The van der Waals surface area contributed by atoms with Gasteiger partial charge in [-0.15, -0.1) is 11.3 Å². The molecule has 0 aromatic carbocycles. The zero-order valence-corrected chi connectivity index (χ0v) is 13.4. The maximum absolute atomic E-state index is 4.23. The van der Waals surface area contributed by atoms with Crippen molar-refractivity contribution in [2.75, 3.05) is 13.1 Å². The quantitative estimate of drug-likeness (QED) is 0.852. The Morgan fingerprint density at radius 1 is 1.37 bits per heavy atom. The van der Waals surface area contributed by atoms with E-state index in [-0.39, 0.29) is 0 Å². The van der Waals surface area contributed by atoms with Gasteiger partial charge in [0.25, 0.3) is 0 Å². The number of hydrogen-bond donors (Lipinski definition) is 1. The largest absolute Gasteiger partial charge is 0.317 e. The number of thiazole rings is 1. The highest BCUT2D eigenvalue weighted by Crippen LogP contribution is 2.39. The summed E-state index contributed by atoms with van der Waals surface area (Å²) in [6.45, 7) is 9.28. The highest BCUT2D eigenvalue weighted by Gasteiger charge is 2.31. The van der Waals surface area contributed by atoms with Crippen LogP contribution < -0.4 is 5.32 Å². The summed E-state index contributed by atoms with van der Waals surface area (Å²) in [4.78, 5) is 5.70. The fourth-order valence-electron chi connectivity index (χ4n) is 3.42. The summed E-state index contributed by atoms with van der Waals surface area (Å²) >= 11 is 1.82. The molecule has 19 heavy (non-hydrogen) atoms. The lowest BCUT2D eigenvalue weighted by atomic mass is 9.69. The van der Waals surface area contributed by atoms with Gasteiger partial charge in [-0.1, -0.05) is 20.8 Å². The number of hydrogen-bond acceptors (Lipinski definition) is 3. The molecular formula is C16H28N2S. The van der Waals surface area contributed by atoms with Crippen LogP contribution in [0.25, 0.3) is 0 Å². The van der Waals surface area contributed by atoms with Crippen molar-refractivity contribution in [2.24, 2.45) is 23.7 Å². The highest BCUT2D eigenvalue weighted by molar-refractivity contribution is 7.09. The first-order chi connectivity index (χ1) is 9.20. The fourth-order valence-corrected chi connectivity index (χ4v) is 4.11. The van der Waals surface area contributed by atoms with E-state index in [0.29, 0.717) is 0 Å². The lowest BCUT2D eigenvalue weighted by Crippen LogP contribution is -2.35. The molecule has 3 atom stereocenters. The van der Waals surface area contributed by atoms with E-state index in [4.69, 9.17) is 0 Å². The molecule has 0 radical (unpaired) electrons. The van der Waals surface area contributed by atoms with Gasteiger partial charge in [0.2, 0.25) is 0 Å². The minimum absolute atomic E-state index is 0.837. The zero-order valence-electron chi connectivity index (χ0n) is 12.6. The summed E-state index contributed by atoms with van der Waals surface area (Å²) in [5.41, 5.74) is 1.97. The summed E-state index contributed by atoms with van der Waals surface area (Å²) in [5.74, 6) is 3.47. The SMILES string of the molecule is CCNCC1CCC(C(C)C)CC1Cc1cncs1. The first-order valence-corrected chi connectivity index (χ1v) is 8.66. The van der Waals surface area contributed by atoms with Gasteiger partial charge in [0, 0.05) is 11.1 Å². The lowest BCUT2D eigenvalue weighted by Gasteiger charge is -2.38. The Hall–Kier alpha value is -0.410. The molecule has 1 saturated carbocycles. The van der Waals surface area contributed by atoms with Crippen molar-refractivity contribution >= 4 is 11.3 Å². The van der Waals surface area contributed by atoms with E-state index in [2.05, 4.69) is 37.3 Å². The van der Waals surface area contributed by atoms with Crippen LogP contribution in [0, 0.1) is 23.7 Å². The van der Waals surface area contributed by atoms with Crippen LogP contribution in [0.15, 0.2) is 11.7 Å². The predicted molar refractivity (Wildman–Crippen MR) is 83.5 cm³/mol. The number of nitrogens with one attached hydrogen (secondary N) is 1. The minimum Gasteiger partial charge on any atom is -0.317 e. The van der Waals surface area contributed by atoms with Crippen LogP contribution >= 0.6 is 11.3 Å². The van der Waals surface area contributed by atoms with Gasteiger partial charge < -0.3 is 5.32 Å². The maximum Gasteiger partial charge on any atom is 0.0794 e. The molecule has 108 valence electrons. The van der Waals surface area contributed by atoms with E-state index >= 15 is 0 Å². The van der Waals surface area contributed by atoms with Crippen LogP contribution in [0.4, 0.5) is 0 Å². The van der Waals surface area contributed by atoms with Gasteiger partial charge in [0.1, 0.15) is 0 Å². The molecule has 3 heteroatoms. The van der Waals surface area contributed by atoms with Crippen molar-refractivity contribution in [3.8, 4) is 0 Å². The van der Waals surface area contributed by atoms with E-state index in [1.165, 1.54) is 37.1 Å². The molecule has 0 aliphatic heterocycles. The second-order valence-corrected chi connectivity index (χ2v) is 7.29. The molecule has 0 saturated heterocycles. The third-order valence-corrected chi connectivity index (χ3v) is 5.53. The van der Waals surface area contributed by atoms with Crippen LogP contribution in [0.1, 0.15) is 44.9 Å². The summed E-state index contributed by atoms with van der Waals surface area (Å²) in [6.07, 6.45) is 7.54. The first kappa shape index (κ1) is 15.0. The van der Waals surface area contributed by atoms with Gasteiger partial charge >= 0.3 is 0 Å². The average Bonchev–Trinajstić information content (AvgIpc) is 2.90. The molecule has 1 aliphatic carbocycles. The molecule has 3 unspecified atom stereocenters. The number of nitrogens with zero attached hydrogens (tertiary/aromatic N) is 1. The Kier molecular flexibility index (Phi) is 5.83.